The summed E-state index contributed by atoms with van der Waals surface area (Å²) in [5, 5.41) is 0.776. The molecular weight excluding hydrogens is 324 g/mol. The Labute approximate surface area is 148 Å². The number of hydrogen-bond donors (Lipinski definition) is 0. The third-order valence-corrected chi connectivity index (χ3v) is 5.54. The largest absolute Gasteiger partial charge is 0.368 e. The summed E-state index contributed by atoms with van der Waals surface area (Å²) in [6, 6.07) is 5.95. The summed E-state index contributed by atoms with van der Waals surface area (Å²) in [5.41, 5.74) is 2.23. The van der Waals surface area contributed by atoms with Crippen molar-refractivity contribution in [1.82, 2.24) is 4.90 Å². The molecule has 1 aromatic carbocycles. The molecule has 1 saturated heterocycles. The normalized spacial score (nSPS) is 19.3. The zero-order valence-corrected chi connectivity index (χ0v) is 15.2. The lowest BCUT2D eigenvalue weighted by Crippen LogP contribution is -2.50. The highest BCUT2D eigenvalue weighted by molar-refractivity contribution is 6.31. The lowest BCUT2D eigenvalue weighted by atomic mass is 10.0. The molecular formula is C19H25ClN2O2. The van der Waals surface area contributed by atoms with Gasteiger partial charge in [-0.05, 0) is 37.5 Å². The van der Waals surface area contributed by atoms with Crippen LogP contribution in [0.3, 0.4) is 0 Å². The molecule has 0 spiro atoms. The van der Waals surface area contributed by atoms with Crippen LogP contribution in [0.25, 0.3) is 0 Å². The minimum absolute atomic E-state index is 0.117. The van der Waals surface area contributed by atoms with Crippen LogP contribution in [-0.4, -0.2) is 42.8 Å². The molecule has 1 aliphatic carbocycles. The van der Waals surface area contributed by atoms with Gasteiger partial charge in [0, 0.05) is 55.1 Å². The summed E-state index contributed by atoms with van der Waals surface area (Å²) < 4.78 is 0. The maximum Gasteiger partial charge on any atom is 0.225 e. The molecule has 0 N–H and O–H groups in total. The van der Waals surface area contributed by atoms with E-state index in [4.69, 9.17) is 11.6 Å². The standard InChI is InChI=1S/C19H25ClN2O2/c1-13(12-18(23)15-6-7-15)19(24)22-10-8-21(9-11-22)17-5-3-4-16(20)14(17)2/h3-5,13,15H,6-12H2,1-2H3. The van der Waals surface area contributed by atoms with Gasteiger partial charge < -0.3 is 9.80 Å². The fourth-order valence-electron chi connectivity index (χ4n) is 3.38. The molecule has 0 radical (unpaired) electrons. The van der Waals surface area contributed by atoms with Crippen molar-refractivity contribution in [2.45, 2.75) is 33.1 Å². The molecule has 0 bridgehead atoms. The van der Waals surface area contributed by atoms with Crippen LogP contribution in [-0.2, 0) is 9.59 Å². The predicted octanol–water partition coefficient (Wildman–Crippen LogP) is 3.30. The minimum Gasteiger partial charge on any atom is -0.368 e. The van der Waals surface area contributed by atoms with Crippen molar-refractivity contribution in [2.24, 2.45) is 11.8 Å². The highest BCUT2D eigenvalue weighted by Crippen LogP contribution is 2.32. The Bertz CT molecular complexity index is 634. The summed E-state index contributed by atoms with van der Waals surface area (Å²) >= 11 is 6.21. The Morgan fingerprint density at radius 1 is 1.21 bits per heavy atom. The minimum atomic E-state index is -0.197. The van der Waals surface area contributed by atoms with Gasteiger partial charge in [-0.2, -0.15) is 0 Å². The Balaban J connectivity index is 1.55. The first-order valence-corrected chi connectivity index (χ1v) is 9.16. The van der Waals surface area contributed by atoms with Gasteiger partial charge in [-0.15, -0.1) is 0 Å². The van der Waals surface area contributed by atoms with Crippen molar-refractivity contribution in [2.75, 3.05) is 31.1 Å². The van der Waals surface area contributed by atoms with E-state index in [9.17, 15) is 9.59 Å². The van der Waals surface area contributed by atoms with Crippen LogP contribution in [0.5, 0.6) is 0 Å². The number of halogens is 1. The fourth-order valence-corrected chi connectivity index (χ4v) is 3.55. The molecule has 1 aromatic rings. The molecule has 1 aliphatic heterocycles. The van der Waals surface area contributed by atoms with Crippen LogP contribution < -0.4 is 4.90 Å². The van der Waals surface area contributed by atoms with Gasteiger partial charge in [0.1, 0.15) is 5.78 Å². The van der Waals surface area contributed by atoms with Crippen molar-refractivity contribution >= 4 is 29.0 Å². The third-order valence-electron chi connectivity index (χ3n) is 5.13. The first-order valence-electron chi connectivity index (χ1n) is 8.79. The molecule has 1 unspecified atom stereocenters. The van der Waals surface area contributed by atoms with E-state index in [-0.39, 0.29) is 23.5 Å². The van der Waals surface area contributed by atoms with E-state index in [1.165, 1.54) is 0 Å². The molecule has 1 amide bonds. The molecule has 1 atom stereocenters. The quantitative estimate of drug-likeness (QED) is 0.819. The Morgan fingerprint density at radius 3 is 2.50 bits per heavy atom. The number of nitrogens with zero attached hydrogens (tertiary/aromatic N) is 2. The number of benzene rings is 1. The lowest BCUT2D eigenvalue weighted by Gasteiger charge is -2.38. The van der Waals surface area contributed by atoms with Crippen LogP contribution >= 0.6 is 11.6 Å². The molecule has 5 heteroatoms. The zero-order valence-electron chi connectivity index (χ0n) is 14.4. The molecule has 2 fully saturated rings. The van der Waals surface area contributed by atoms with E-state index in [1.807, 2.05) is 30.9 Å². The first kappa shape index (κ1) is 17.3. The molecule has 3 rings (SSSR count). The maximum absolute atomic E-state index is 12.6. The van der Waals surface area contributed by atoms with E-state index in [1.54, 1.807) is 0 Å². The average Bonchev–Trinajstić information content (AvgIpc) is 3.42. The smallest absolute Gasteiger partial charge is 0.225 e. The Morgan fingerprint density at radius 2 is 1.88 bits per heavy atom. The number of carbonyl (C=O) groups is 2. The number of rotatable bonds is 5. The Kier molecular flexibility index (Phi) is 5.14. The van der Waals surface area contributed by atoms with Crippen LogP contribution in [0.1, 0.15) is 31.7 Å². The van der Waals surface area contributed by atoms with Crippen molar-refractivity contribution in [3.8, 4) is 0 Å². The van der Waals surface area contributed by atoms with E-state index in [0.29, 0.717) is 19.5 Å². The van der Waals surface area contributed by atoms with Gasteiger partial charge in [-0.1, -0.05) is 24.6 Å². The van der Waals surface area contributed by atoms with Crippen LogP contribution in [0.4, 0.5) is 5.69 Å². The molecule has 2 aliphatic rings. The molecule has 4 nitrogen and oxygen atoms in total. The number of piperazine rings is 1. The van der Waals surface area contributed by atoms with Crippen molar-refractivity contribution in [1.29, 1.82) is 0 Å². The highest BCUT2D eigenvalue weighted by Gasteiger charge is 2.33. The summed E-state index contributed by atoms with van der Waals surface area (Å²) in [5.74, 6) is 0.427. The van der Waals surface area contributed by atoms with Crippen LogP contribution in [0.2, 0.25) is 5.02 Å². The number of hydrogen-bond acceptors (Lipinski definition) is 3. The van der Waals surface area contributed by atoms with Gasteiger partial charge in [0.05, 0.1) is 0 Å². The SMILES string of the molecule is Cc1c(Cl)cccc1N1CCN(C(=O)C(C)CC(=O)C2CC2)CC1. The summed E-state index contributed by atoms with van der Waals surface area (Å²) in [6.07, 6.45) is 2.42. The monoisotopic (exact) mass is 348 g/mol. The second-order valence-corrected chi connectivity index (χ2v) is 7.45. The fraction of sp³-hybridized carbons (Fsp3) is 0.579. The molecule has 24 heavy (non-hydrogen) atoms. The van der Waals surface area contributed by atoms with Gasteiger partial charge in [0.2, 0.25) is 5.91 Å². The van der Waals surface area contributed by atoms with Crippen LogP contribution in [0.15, 0.2) is 18.2 Å². The summed E-state index contributed by atoms with van der Waals surface area (Å²) in [4.78, 5) is 28.7. The third kappa shape index (κ3) is 3.75. The van der Waals surface area contributed by atoms with Crippen molar-refractivity contribution in [3.63, 3.8) is 0 Å². The maximum atomic E-state index is 12.6. The number of anilines is 1. The van der Waals surface area contributed by atoms with Gasteiger partial charge in [0.15, 0.2) is 0 Å². The van der Waals surface area contributed by atoms with Crippen LogP contribution in [0, 0.1) is 18.8 Å². The molecule has 130 valence electrons. The number of Topliss-reactive ketones (excluding diaryl/α,β-unsaturated/α-hetero) is 1. The summed E-state index contributed by atoms with van der Waals surface area (Å²) in [7, 11) is 0. The molecule has 1 heterocycles. The number of ketones is 1. The van der Waals surface area contributed by atoms with E-state index < -0.39 is 0 Å². The number of carbonyl (C=O) groups excluding carboxylic acids is 2. The average molecular weight is 349 g/mol. The van der Waals surface area contributed by atoms with Gasteiger partial charge in [-0.25, -0.2) is 0 Å². The van der Waals surface area contributed by atoms with E-state index in [0.717, 1.165) is 42.2 Å². The lowest BCUT2D eigenvalue weighted by molar-refractivity contribution is -0.137. The second-order valence-electron chi connectivity index (χ2n) is 7.04. The zero-order chi connectivity index (χ0) is 17.3. The van der Waals surface area contributed by atoms with Gasteiger partial charge in [0.25, 0.3) is 0 Å². The second kappa shape index (κ2) is 7.14. The van der Waals surface area contributed by atoms with E-state index in [2.05, 4.69) is 11.0 Å². The summed E-state index contributed by atoms with van der Waals surface area (Å²) in [6.45, 7) is 6.92. The molecule has 1 saturated carbocycles. The molecule has 0 aromatic heterocycles. The first-order chi connectivity index (χ1) is 11.5. The van der Waals surface area contributed by atoms with E-state index >= 15 is 0 Å². The number of amides is 1. The van der Waals surface area contributed by atoms with Gasteiger partial charge in [-0.3, -0.25) is 9.59 Å². The Hall–Kier alpha value is -1.55. The van der Waals surface area contributed by atoms with Crippen molar-refractivity contribution in [3.05, 3.63) is 28.8 Å². The highest BCUT2D eigenvalue weighted by atomic mass is 35.5. The topological polar surface area (TPSA) is 40.6 Å². The van der Waals surface area contributed by atoms with Crippen molar-refractivity contribution < 1.29 is 9.59 Å². The van der Waals surface area contributed by atoms with Gasteiger partial charge >= 0.3 is 0 Å². The predicted molar refractivity (Wildman–Crippen MR) is 96.5 cm³/mol.